The van der Waals surface area contributed by atoms with Crippen molar-refractivity contribution in [3.05, 3.63) is 23.8 Å². The predicted molar refractivity (Wildman–Crippen MR) is 56.6 cm³/mol. The predicted octanol–water partition coefficient (Wildman–Crippen LogP) is 2.76. The highest BCUT2D eigenvalue weighted by atomic mass is 19.1. The highest BCUT2D eigenvalue weighted by Crippen LogP contribution is 2.47. The zero-order valence-corrected chi connectivity index (χ0v) is 8.77. The summed E-state index contributed by atoms with van der Waals surface area (Å²) in [5.74, 6) is -1.26. The molecule has 15 heavy (non-hydrogen) atoms. The number of hydrogen-bond donors (Lipinski definition) is 2. The fourth-order valence-corrected chi connectivity index (χ4v) is 1.62. The molecular formula is C11H14F2N2. The van der Waals surface area contributed by atoms with Gasteiger partial charge in [-0.2, -0.15) is 0 Å². The normalized spacial score (nSPS) is 22.5. The van der Waals surface area contributed by atoms with Gasteiger partial charge in [-0.05, 0) is 24.0 Å². The summed E-state index contributed by atoms with van der Waals surface area (Å²) in [5.41, 5.74) is 5.48. The topological polar surface area (TPSA) is 38.0 Å². The number of benzene rings is 1. The third kappa shape index (κ3) is 1.89. The van der Waals surface area contributed by atoms with Crippen molar-refractivity contribution in [2.24, 2.45) is 5.41 Å². The van der Waals surface area contributed by atoms with Crippen molar-refractivity contribution < 1.29 is 8.78 Å². The first-order valence-corrected chi connectivity index (χ1v) is 4.91. The molecule has 0 bridgehead atoms. The van der Waals surface area contributed by atoms with E-state index in [1.165, 1.54) is 0 Å². The molecule has 0 radical (unpaired) electrons. The van der Waals surface area contributed by atoms with Gasteiger partial charge in [0.05, 0.1) is 0 Å². The lowest BCUT2D eigenvalue weighted by Crippen LogP contribution is -2.11. The average molecular weight is 212 g/mol. The number of anilines is 2. The van der Waals surface area contributed by atoms with E-state index in [9.17, 15) is 8.78 Å². The molecule has 0 spiro atoms. The van der Waals surface area contributed by atoms with Gasteiger partial charge < -0.3 is 11.1 Å². The summed E-state index contributed by atoms with van der Waals surface area (Å²) < 4.78 is 26.7. The molecule has 0 heterocycles. The Balaban J connectivity index is 2.22. The number of halogens is 2. The molecule has 0 saturated heterocycles. The van der Waals surface area contributed by atoms with E-state index in [-0.39, 0.29) is 22.8 Å². The molecule has 1 aromatic carbocycles. The van der Waals surface area contributed by atoms with Crippen LogP contribution < -0.4 is 11.1 Å². The second-order valence-electron chi connectivity index (χ2n) is 4.75. The molecule has 2 nitrogen and oxygen atoms in total. The maximum absolute atomic E-state index is 13.4. The number of hydrogen-bond acceptors (Lipinski definition) is 2. The van der Waals surface area contributed by atoms with Gasteiger partial charge in [0.2, 0.25) is 0 Å². The van der Waals surface area contributed by atoms with Gasteiger partial charge in [-0.25, -0.2) is 8.78 Å². The van der Waals surface area contributed by atoms with Crippen LogP contribution in [0.2, 0.25) is 0 Å². The number of rotatable bonds is 2. The minimum atomic E-state index is -0.629. The molecule has 1 aromatic rings. The summed E-state index contributed by atoms with van der Waals surface area (Å²) in [4.78, 5) is 0. The molecule has 1 fully saturated rings. The minimum absolute atomic E-state index is 0.0697. The first-order chi connectivity index (χ1) is 6.90. The molecule has 3 N–H and O–H groups in total. The summed E-state index contributed by atoms with van der Waals surface area (Å²) in [7, 11) is 0. The van der Waals surface area contributed by atoms with Crippen LogP contribution in [0.4, 0.5) is 20.2 Å². The quantitative estimate of drug-likeness (QED) is 0.740. The van der Waals surface area contributed by atoms with Gasteiger partial charge in [0.15, 0.2) is 11.6 Å². The summed E-state index contributed by atoms with van der Waals surface area (Å²) in [6, 6.07) is 2.40. The molecule has 1 unspecified atom stereocenters. The monoisotopic (exact) mass is 212 g/mol. The van der Waals surface area contributed by atoms with E-state index >= 15 is 0 Å². The van der Waals surface area contributed by atoms with Crippen LogP contribution in [0.5, 0.6) is 0 Å². The molecular weight excluding hydrogens is 198 g/mol. The Hall–Kier alpha value is -1.32. The van der Waals surface area contributed by atoms with Crippen LogP contribution >= 0.6 is 0 Å². The summed E-state index contributed by atoms with van der Waals surface area (Å²) >= 11 is 0. The molecule has 1 atom stereocenters. The standard InChI is InChI=1S/C11H14F2N2/c1-11(2)5-9(11)15-10-7(12)3-6(14)4-8(10)13/h3-4,9,15H,5,14H2,1-2H3. The van der Waals surface area contributed by atoms with Crippen LogP contribution in [0.25, 0.3) is 0 Å². The lowest BCUT2D eigenvalue weighted by Gasteiger charge is -2.10. The average Bonchev–Trinajstić information content (AvgIpc) is 2.66. The summed E-state index contributed by atoms with van der Waals surface area (Å²) in [6.07, 6.45) is 0.927. The lowest BCUT2D eigenvalue weighted by molar-refractivity contribution is 0.581. The fraction of sp³-hybridized carbons (Fsp3) is 0.455. The Kier molecular flexibility index (Phi) is 2.10. The van der Waals surface area contributed by atoms with Crippen molar-refractivity contribution in [3.63, 3.8) is 0 Å². The molecule has 2 rings (SSSR count). The zero-order valence-electron chi connectivity index (χ0n) is 8.77. The van der Waals surface area contributed by atoms with Crippen LogP contribution in [0.15, 0.2) is 12.1 Å². The van der Waals surface area contributed by atoms with Gasteiger partial charge in [-0.1, -0.05) is 13.8 Å². The SMILES string of the molecule is CC1(C)CC1Nc1c(F)cc(N)cc1F. The maximum atomic E-state index is 13.4. The smallest absolute Gasteiger partial charge is 0.151 e. The van der Waals surface area contributed by atoms with Gasteiger partial charge >= 0.3 is 0 Å². The minimum Gasteiger partial charge on any atom is -0.399 e. The molecule has 0 amide bonds. The first kappa shape index (κ1) is 10.2. The van der Waals surface area contributed by atoms with Crippen LogP contribution in [0, 0.1) is 17.0 Å². The molecule has 0 aromatic heterocycles. The van der Waals surface area contributed by atoms with Gasteiger partial charge in [-0.3, -0.25) is 0 Å². The third-order valence-electron chi connectivity index (χ3n) is 2.90. The largest absolute Gasteiger partial charge is 0.399 e. The number of nitrogen functional groups attached to an aromatic ring is 1. The van der Waals surface area contributed by atoms with Gasteiger partial charge in [0, 0.05) is 11.7 Å². The van der Waals surface area contributed by atoms with E-state index in [0.29, 0.717) is 0 Å². The Morgan fingerprint density at radius 2 is 1.80 bits per heavy atom. The molecule has 1 aliphatic rings. The third-order valence-corrected chi connectivity index (χ3v) is 2.90. The Morgan fingerprint density at radius 3 is 2.20 bits per heavy atom. The zero-order chi connectivity index (χ0) is 11.2. The van der Waals surface area contributed by atoms with Gasteiger partial charge in [0.1, 0.15) is 5.69 Å². The van der Waals surface area contributed by atoms with Crippen molar-refractivity contribution in [1.82, 2.24) is 0 Å². The van der Waals surface area contributed by atoms with E-state index in [1.54, 1.807) is 0 Å². The summed E-state index contributed by atoms with van der Waals surface area (Å²) in [6.45, 7) is 4.11. The van der Waals surface area contributed by atoms with Crippen LogP contribution in [0.1, 0.15) is 20.3 Å². The van der Waals surface area contributed by atoms with Gasteiger partial charge in [-0.15, -0.1) is 0 Å². The maximum Gasteiger partial charge on any atom is 0.151 e. The summed E-state index contributed by atoms with van der Waals surface area (Å²) in [5, 5.41) is 2.86. The van der Waals surface area contributed by atoms with E-state index in [0.717, 1.165) is 18.6 Å². The van der Waals surface area contributed by atoms with Crippen molar-refractivity contribution >= 4 is 11.4 Å². The van der Waals surface area contributed by atoms with Crippen LogP contribution in [0.3, 0.4) is 0 Å². The fourth-order valence-electron chi connectivity index (χ4n) is 1.62. The Morgan fingerprint density at radius 1 is 1.33 bits per heavy atom. The van der Waals surface area contributed by atoms with E-state index < -0.39 is 11.6 Å². The van der Waals surface area contributed by atoms with Crippen molar-refractivity contribution in [1.29, 1.82) is 0 Å². The number of nitrogens with two attached hydrogens (primary N) is 1. The highest BCUT2D eigenvalue weighted by molar-refractivity contribution is 5.55. The van der Waals surface area contributed by atoms with Crippen molar-refractivity contribution in [2.45, 2.75) is 26.3 Å². The van der Waals surface area contributed by atoms with Crippen molar-refractivity contribution in [2.75, 3.05) is 11.1 Å². The lowest BCUT2D eigenvalue weighted by atomic mass is 10.2. The Labute approximate surface area is 87.5 Å². The Bertz CT molecular complexity index is 379. The van der Waals surface area contributed by atoms with E-state index in [4.69, 9.17) is 5.73 Å². The molecule has 1 saturated carbocycles. The number of nitrogens with one attached hydrogen (secondary N) is 1. The first-order valence-electron chi connectivity index (χ1n) is 4.91. The van der Waals surface area contributed by atoms with E-state index in [2.05, 4.69) is 19.2 Å². The van der Waals surface area contributed by atoms with Crippen molar-refractivity contribution in [3.8, 4) is 0 Å². The highest BCUT2D eigenvalue weighted by Gasteiger charge is 2.46. The second-order valence-corrected chi connectivity index (χ2v) is 4.75. The molecule has 82 valence electrons. The van der Waals surface area contributed by atoms with Crippen LogP contribution in [-0.2, 0) is 0 Å². The second kappa shape index (κ2) is 3.08. The molecule has 0 aliphatic heterocycles. The van der Waals surface area contributed by atoms with Crippen LogP contribution in [-0.4, -0.2) is 6.04 Å². The van der Waals surface area contributed by atoms with E-state index in [1.807, 2.05) is 0 Å². The van der Waals surface area contributed by atoms with Gasteiger partial charge in [0.25, 0.3) is 0 Å². The molecule has 4 heteroatoms. The molecule has 1 aliphatic carbocycles.